The highest BCUT2D eigenvalue weighted by Crippen LogP contribution is 2.14. The number of hydrogen-bond acceptors (Lipinski definition) is 2. The summed E-state index contributed by atoms with van der Waals surface area (Å²) in [4.78, 5) is 13.6. The minimum absolute atomic E-state index is 0.109. The van der Waals surface area contributed by atoms with E-state index in [2.05, 4.69) is 0 Å². The highest BCUT2D eigenvalue weighted by atomic mass is 32.2. The number of rotatable bonds is 1. The van der Waals surface area contributed by atoms with Crippen molar-refractivity contribution in [2.24, 2.45) is 0 Å². The number of aryl methyl sites for hydroxylation is 1. The van der Waals surface area contributed by atoms with Crippen LogP contribution in [0.25, 0.3) is 0 Å². The lowest BCUT2D eigenvalue weighted by atomic mass is 10.1. The van der Waals surface area contributed by atoms with Crippen LogP contribution in [-0.4, -0.2) is 39.6 Å². The van der Waals surface area contributed by atoms with Crippen molar-refractivity contribution in [1.29, 1.82) is 0 Å². The van der Waals surface area contributed by atoms with Gasteiger partial charge in [0.15, 0.2) is 0 Å². The van der Waals surface area contributed by atoms with Crippen LogP contribution in [-0.2, 0) is 10.8 Å². The number of benzene rings is 1. The van der Waals surface area contributed by atoms with Gasteiger partial charge < -0.3 is 4.90 Å². The van der Waals surface area contributed by atoms with Crippen molar-refractivity contribution in [2.75, 3.05) is 24.6 Å². The van der Waals surface area contributed by atoms with Crippen LogP contribution in [0.5, 0.6) is 0 Å². The molecule has 1 fully saturated rings. The van der Waals surface area contributed by atoms with Gasteiger partial charge in [-0.15, -0.1) is 0 Å². The van der Waals surface area contributed by atoms with Crippen molar-refractivity contribution in [3.05, 3.63) is 35.1 Å². The monoisotopic (exact) mass is 255 g/mol. The Bertz CT molecular complexity index is 466. The zero-order valence-electron chi connectivity index (χ0n) is 9.61. The zero-order valence-corrected chi connectivity index (χ0v) is 10.4. The summed E-state index contributed by atoms with van der Waals surface area (Å²) in [5.41, 5.74) is 0.966. The Labute approximate surface area is 102 Å². The van der Waals surface area contributed by atoms with E-state index in [9.17, 15) is 13.4 Å². The van der Waals surface area contributed by atoms with Gasteiger partial charge >= 0.3 is 0 Å². The van der Waals surface area contributed by atoms with Gasteiger partial charge in [0.25, 0.3) is 5.91 Å². The average molecular weight is 255 g/mol. The Morgan fingerprint density at radius 3 is 2.65 bits per heavy atom. The molecule has 5 heteroatoms. The molecule has 0 N–H and O–H groups in total. The van der Waals surface area contributed by atoms with Crippen LogP contribution in [0.1, 0.15) is 15.9 Å². The highest BCUT2D eigenvalue weighted by Gasteiger charge is 2.23. The Morgan fingerprint density at radius 2 is 2.00 bits per heavy atom. The molecule has 1 aliphatic rings. The summed E-state index contributed by atoms with van der Waals surface area (Å²) in [5, 5.41) is 0. The number of carbonyl (C=O) groups excluding carboxylic acids is 1. The van der Waals surface area contributed by atoms with Crippen LogP contribution < -0.4 is 0 Å². The fourth-order valence-corrected chi connectivity index (χ4v) is 2.87. The van der Waals surface area contributed by atoms with E-state index in [0.29, 0.717) is 24.6 Å². The molecular weight excluding hydrogens is 241 g/mol. The lowest BCUT2D eigenvalue weighted by molar-refractivity contribution is 0.0766. The summed E-state index contributed by atoms with van der Waals surface area (Å²) in [5.74, 6) is 0.174. The van der Waals surface area contributed by atoms with Crippen LogP contribution in [0.15, 0.2) is 18.2 Å². The van der Waals surface area contributed by atoms with Crippen LogP contribution in [0.4, 0.5) is 4.39 Å². The van der Waals surface area contributed by atoms with Crippen molar-refractivity contribution < 1.29 is 13.4 Å². The van der Waals surface area contributed by atoms with Crippen molar-refractivity contribution in [2.45, 2.75) is 6.92 Å². The molecule has 0 aliphatic carbocycles. The van der Waals surface area contributed by atoms with Crippen LogP contribution >= 0.6 is 0 Å². The molecule has 1 heterocycles. The largest absolute Gasteiger partial charge is 0.337 e. The molecule has 0 spiro atoms. The second-order valence-corrected chi connectivity index (χ2v) is 5.82. The van der Waals surface area contributed by atoms with E-state index < -0.39 is 16.6 Å². The predicted molar refractivity (Wildman–Crippen MR) is 64.9 cm³/mol. The van der Waals surface area contributed by atoms with E-state index in [1.54, 1.807) is 17.0 Å². The second kappa shape index (κ2) is 4.96. The number of carbonyl (C=O) groups is 1. The summed E-state index contributed by atoms with van der Waals surface area (Å²) in [6.07, 6.45) is 0. The highest BCUT2D eigenvalue weighted by molar-refractivity contribution is 7.85. The first kappa shape index (κ1) is 12.2. The third-order valence-corrected chi connectivity index (χ3v) is 4.09. The van der Waals surface area contributed by atoms with Gasteiger partial charge in [-0.2, -0.15) is 0 Å². The Morgan fingerprint density at radius 1 is 1.35 bits per heavy atom. The van der Waals surface area contributed by atoms with Crippen LogP contribution in [0.2, 0.25) is 0 Å². The number of hydrogen-bond donors (Lipinski definition) is 0. The minimum atomic E-state index is -0.831. The van der Waals surface area contributed by atoms with Crippen LogP contribution in [0, 0.1) is 12.7 Å². The van der Waals surface area contributed by atoms with Gasteiger partial charge in [-0.1, -0.05) is 11.6 Å². The molecule has 0 atom stereocenters. The molecule has 1 aliphatic heterocycles. The molecule has 17 heavy (non-hydrogen) atoms. The molecule has 3 nitrogen and oxygen atoms in total. The van der Waals surface area contributed by atoms with Gasteiger partial charge in [0, 0.05) is 35.4 Å². The maximum Gasteiger partial charge on any atom is 0.256 e. The first-order valence-electron chi connectivity index (χ1n) is 5.48. The van der Waals surface area contributed by atoms with Gasteiger partial charge in [0.05, 0.1) is 5.56 Å². The molecule has 0 saturated carbocycles. The van der Waals surface area contributed by atoms with Gasteiger partial charge in [-0.25, -0.2) is 4.39 Å². The van der Waals surface area contributed by atoms with Crippen molar-refractivity contribution in [3.8, 4) is 0 Å². The third kappa shape index (κ3) is 2.72. The van der Waals surface area contributed by atoms with E-state index in [0.717, 1.165) is 5.56 Å². The quantitative estimate of drug-likeness (QED) is 0.759. The summed E-state index contributed by atoms with van der Waals surface area (Å²) < 4.78 is 24.7. The van der Waals surface area contributed by atoms with Gasteiger partial charge in [0.1, 0.15) is 5.82 Å². The SMILES string of the molecule is Cc1ccc(F)c(C(=O)N2CCS(=O)CC2)c1. The van der Waals surface area contributed by atoms with E-state index in [4.69, 9.17) is 0 Å². The van der Waals surface area contributed by atoms with E-state index in [1.807, 2.05) is 6.92 Å². The Kier molecular flexibility index (Phi) is 3.57. The molecule has 1 aromatic rings. The van der Waals surface area contributed by atoms with Crippen molar-refractivity contribution in [1.82, 2.24) is 4.90 Å². The van der Waals surface area contributed by atoms with Crippen LogP contribution in [0.3, 0.4) is 0 Å². The Balaban J connectivity index is 2.19. The first-order chi connectivity index (χ1) is 8.08. The minimum Gasteiger partial charge on any atom is -0.337 e. The summed E-state index contributed by atoms with van der Waals surface area (Å²) in [6.45, 7) is 2.71. The van der Waals surface area contributed by atoms with Gasteiger partial charge in [-0.05, 0) is 19.1 Å². The molecule has 0 unspecified atom stereocenters. The van der Waals surface area contributed by atoms with E-state index >= 15 is 0 Å². The normalized spacial score (nSPS) is 17.2. The molecule has 2 rings (SSSR count). The number of amides is 1. The Hall–Kier alpha value is -1.23. The lowest BCUT2D eigenvalue weighted by Crippen LogP contribution is -2.42. The summed E-state index contributed by atoms with van der Waals surface area (Å²) in [7, 11) is -0.831. The fraction of sp³-hybridized carbons (Fsp3) is 0.417. The summed E-state index contributed by atoms with van der Waals surface area (Å²) in [6, 6.07) is 4.51. The molecule has 1 aromatic carbocycles. The second-order valence-electron chi connectivity index (χ2n) is 4.12. The van der Waals surface area contributed by atoms with Crippen molar-refractivity contribution >= 4 is 16.7 Å². The number of halogens is 1. The van der Waals surface area contributed by atoms with Crippen molar-refractivity contribution in [3.63, 3.8) is 0 Å². The maximum atomic E-state index is 13.5. The molecule has 0 radical (unpaired) electrons. The maximum absolute atomic E-state index is 13.5. The first-order valence-corrected chi connectivity index (χ1v) is 6.97. The third-order valence-electron chi connectivity index (χ3n) is 2.82. The smallest absolute Gasteiger partial charge is 0.256 e. The molecule has 1 amide bonds. The predicted octanol–water partition coefficient (Wildman–Crippen LogP) is 1.34. The molecular formula is C12H14FNO2S. The van der Waals surface area contributed by atoms with Gasteiger partial charge in [0.2, 0.25) is 0 Å². The molecule has 1 saturated heterocycles. The van der Waals surface area contributed by atoms with E-state index in [1.165, 1.54) is 6.07 Å². The lowest BCUT2D eigenvalue weighted by Gasteiger charge is -2.26. The molecule has 92 valence electrons. The average Bonchev–Trinajstić information content (AvgIpc) is 2.32. The molecule has 0 bridgehead atoms. The standard InChI is InChI=1S/C12H14FNO2S/c1-9-2-3-11(13)10(8-9)12(15)14-4-6-17(16)7-5-14/h2-3,8H,4-7H2,1H3. The topological polar surface area (TPSA) is 37.4 Å². The van der Waals surface area contributed by atoms with E-state index in [-0.39, 0.29) is 11.5 Å². The number of nitrogens with zero attached hydrogens (tertiary/aromatic N) is 1. The fourth-order valence-electron chi connectivity index (χ4n) is 1.81. The molecule has 0 aromatic heterocycles. The summed E-state index contributed by atoms with van der Waals surface area (Å²) >= 11 is 0. The van der Waals surface area contributed by atoms with Gasteiger partial charge in [-0.3, -0.25) is 9.00 Å². The zero-order chi connectivity index (χ0) is 12.4.